The van der Waals surface area contributed by atoms with Crippen molar-refractivity contribution in [3.8, 4) is 5.75 Å². The number of benzene rings is 2. The van der Waals surface area contributed by atoms with Crippen molar-refractivity contribution >= 4 is 15.9 Å². The van der Waals surface area contributed by atoms with Crippen molar-refractivity contribution in [1.82, 2.24) is 0 Å². The second kappa shape index (κ2) is 5.72. The maximum atomic E-state index is 13.9. The van der Waals surface area contributed by atoms with Gasteiger partial charge < -0.3 is 10.5 Å². The van der Waals surface area contributed by atoms with E-state index in [1.165, 1.54) is 6.07 Å². The largest absolute Gasteiger partial charge is 0.497 e. The van der Waals surface area contributed by atoms with Gasteiger partial charge in [0.25, 0.3) is 0 Å². The first-order valence-electron chi connectivity index (χ1n) is 5.88. The third kappa shape index (κ3) is 2.96. The van der Waals surface area contributed by atoms with Crippen LogP contribution in [0.25, 0.3) is 0 Å². The minimum Gasteiger partial charge on any atom is -0.497 e. The standard InChI is InChI=1S/C15H15BrFNO/c1-9-3-6-14(17)12(7-9)15(18)11-8-10(19-2)4-5-13(11)16/h3-8,15H,18H2,1-2H3. The van der Waals surface area contributed by atoms with Crippen molar-refractivity contribution in [3.63, 3.8) is 0 Å². The first kappa shape index (κ1) is 14.0. The highest BCUT2D eigenvalue weighted by molar-refractivity contribution is 9.10. The van der Waals surface area contributed by atoms with E-state index < -0.39 is 6.04 Å². The summed E-state index contributed by atoms with van der Waals surface area (Å²) in [4.78, 5) is 0. The molecule has 0 aliphatic heterocycles. The van der Waals surface area contributed by atoms with E-state index in [-0.39, 0.29) is 5.82 Å². The second-order valence-electron chi connectivity index (χ2n) is 4.39. The maximum Gasteiger partial charge on any atom is 0.128 e. The van der Waals surface area contributed by atoms with Crippen molar-refractivity contribution in [2.45, 2.75) is 13.0 Å². The van der Waals surface area contributed by atoms with E-state index in [0.717, 1.165) is 15.6 Å². The number of halogens is 2. The van der Waals surface area contributed by atoms with E-state index in [2.05, 4.69) is 15.9 Å². The van der Waals surface area contributed by atoms with Gasteiger partial charge in [-0.1, -0.05) is 33.6 Å². The summed E-state index contributed by atoms with van der Waals surface area (Å²) in [5.41, 5.74) is 8.44. The molecule has 2 N–H and O–H groups in total. The molecule has 1 unspecified atom stereocenters. The molecule has 0 heterocycles. The minimum absolute atomic E-state index is 0.298. The SMILES string of the molecule is COc1ccc(Br)c(C(N)c2cc(C)ccc2F)c1. The molecule has 2 aromatic carbocycles. The van der Waals surface area contributed by atoms with Gasteiger partial charge in [-0.15, -0.1) is 0 Å². The number of ether oxygens (including phenoxy) is 1. The minimum atomic E-state index is -0.538. The van der Waals surface area contributed by atoms with Crippen LogP contribution in [-0.4, -0.2) is 7.11 Å². The third-order valence-electron chi connectivity index (χ3n) is 3.02. The van der Waals surface area contributed by atoms with E-state index in [4.69, 9.17) is 10.5 Å². The fourth-order valence-electron chi connectivity index (χ4n) is 1.96. The van der Waals surface area contributed by atoms with Crippen LogP contribution >= 0.6 is 15.9 Å². The van der Waals surface area contributed by atoms with Crippen molar-refractivity contribution in [2.75, 3.05) is 7.11 Å². The molecule has 0 aliphatic carbocycles. The lowest BCUT2D eigenvalue weighted by Gasteiger charge is -2.16. The molecule has 100 valence electrons. The molecular formula is C15H15BrFNO. The third-order valence-corrected chi connectivity index (χ3v) is 3.75. The molecular weight excluding hydrogens is 309 g/mol. The van der Waals surface area contributed by atoms with E-state index in [1.807, 2.05) is 25.1 Å². The molecule has 2 rings (SSSR count). The van der Waals surface area contributed by atoms with Gasteiger partial charge in [0.2, 0.25) is 0 Å². The molecule has 0 aromatic heterocycles. The molecule has 4 heteroatoms. The number of methoxy groups -OCH3 is 1. The molecule has 0 aliphatic rings. The van der Waals surface area contributed by atoms with Crippen LogP contribution in [-0.2, 0) is 0 Å². The zero-order valence-corrected chi connectivity index (χ0v) is 12.4. The monoisotopic (exact) mass is 323 g/mol. The fourth-order valence-corrected chi connectivity index (χ4v) is 2.45. The number of hydrogen-bond donors (Lipinski definition) is 1. The summed E-state index contributed by atoms with van der Waals surface area (Å²) in [5.74, 6) is 0.398. The molecule has 2 aromatic rings. The van der Waals surface area contributed by atoms with E-state index >= 15 is 0 Å². The van der Waals surface area contributed by atoms with Gasteiger partial charge in [-0.05, 0) is 36.8 Å². The molecule has 0 spiro atoms. The predicted octanol–water partition coefficient (Wildman–Crippen LogP) is 3.95. The van der Waals surface area contributed by atoms with Crippen molar-refractivity contribution in [2.24, 2.45) is 5.73 Å². The summed E-state index contributed by atoms with van der Waals surface area (Å²) < 4.78 is 19.9. The highest BCUT2D eigenvalue weighted by atomic mass is 79.9. The molecule has 2 nitrogen and oxygen atoms in total. The van der Waals surface area contributed by atoms with Gasteiger partial charge in [0.1, 0.15) is 11.6 Å². The van der Waals surface area contributed by atoms with Gasteiger partial charge in [0.15, 0.2) is 0 Å². The Morgan fingerprint density at radius 3 is 2.58 bits per heavy atom. The van der Waals surface area contributed by atoms with E-state index in [0.29, 0.717) is 11.3 Å². The summed E-state index contributed by atoms with van der Waals surface area (Å²) in [7, 11) is 1.59. The number of hydrogen-bond acceptors (Lipinski definition) is 2. The van der Waals surface area contributed by atoms with Crippen molar-refractivity contribution in [3.05, 3.63) is 63.4 Å². The highest BCUT2D eigenvalue weighted by Crippen LogP contribution is 2.31. The molecule has 0 saturated carbocycles. The quantitative estimate of drug-likeness (QED) is 0.928. The fraction of sp³-hybridized carbons (Fsp3) is 0.200. The van der Waals surface area contributed by atoms with E-state index in [1.54, 1.807) is 19.2 Å². The second-order valence-corrected chi connectivity index (χ2v) is 5.24. The number of aryl methyl sites for hydroxylation is 1. The van der Waals surface area contributed by atoms with Crippen LogP contribution in [0.2, 0.25) is 0 Å². The molecule has 0 amide bonds. The van der Waals surface area contributed by atoms with Crippen molar-refractivity contribution < 1.29 is 9.13 Å². The van der Waals surface area contributed by atoms with Crippen LogP contribution in [0.5, 0.6) is 5.75 Å². The molecule has 0 saturated heterocycles. The Balaban J connectivity index is 2.48. The van der Waals surface area contributed by atoms with Crippen molar-refractivity contribution in [1.29, 1.82) is 0 Å². The summed E-state index contributed by atoms with van der Waals surface area (Å²) in [6, 6.07) is 9.89. The highest BCUT2D eigenvalue weighted by Gasteiger charge is 2.17. The Bertz CT molecular complexity index is 601. The first-order chi connectivity index (χ1) is 9.02. The average Bonchev–Trinajstić information content (AvgIpc) is 2.41. The zero-order chi connectivity index (χ0) is 14.0. The Morgan fingerprint density at radius 1 is 1.16 bits per heavy atom. The summed E-state index contributed by atoms with van der Waals surface area (Å²) in [5, 5.41) is 0. The van der Waals surface area contributed by atoms with Gasteiger partial charge in [-0.25, -0.2) is 4.39 Å². The normalized spacial score (nSPS) is 12.3. The topological polar surface area (TPSA) is 35.2 Å². The Kier molecular flexibility index (Phi) is 4.22. The van der Waals surface area contributed by atoms with Gasteiger partial charge in [-0.2, -0.15) is 0 Å². The lowest BCUT2D eigenvalue weighted by Crippen LogP contribution is -2.14. The van der Waals surface area contributed by atoms with Crippen LogP contribution in [0.4, 0.5) is 4.39 Å². The summed E-state index contributed by atoms with van der Waals surface area (Å²) in [6.07, 6.45) is 0. The van der Waals surface area contributed by atoms with Crippen LogP contribution in [0.15, 0.2) is 40.9 Å². The van der Waals surface area contributed by atoms with Crippen LogP contribution in [0, 0.1) is 12.7 Å². The maximum absolute atomic E-state index is 13.9. The lowest BCUT2D eigenvalue weighted by atomic mass is 9.97. The molecule has 19 heavy (non-hydrogen) atoms. The lowest BCUT2D eigenvalue weighted by molar-refractivity contribution is 0.414. The Hall–Kier alpha value is -1.39. The number of rotatable bonds is 3. The van der Waals surface area contributed by atoms with Crippen LogP contribution in [0.1, 0.15) is 22.7 Å². The van der Waals surface area contributed by atoms with Gasteiger partial charge in [-0.3, -0.25) is 0 Å². The van der Waals surface area contributed by atoms with Gasteiger partial charge in [0, 0.05) is 10.0 Å². The first-order valence-corrected chi connectivity index (χ1v) is 6.67. The number of nitrogens with two attached hydrogens (primary N) is 1. The summed E-state index contributed by atoms with van der Waals surface area (Å²) in [6.45, 7) is 1.91. The van der Waals surface area contributed by atoms with Crippen LogP contribution in [0.3, 0.4) is 0 Å². The summed E-state index contributed by atoms with van der Waals surface area (Å²) >= 11 is 3.44. The van der Waals surface area contributed by atoms with Gasteiger partial charge in [0.05, 0.1) is 13.2 Å². The molecule has 1 atom stereocenters. The molecule has 0 fully saturated rings. The van der Waals surface area contributed by atoms with Crippen LogP contribution < -0.4 is 10.5 Å². The van der Waals surface area contributed by atoms with E-state index in [9.17, 15) is 4.39 Å². The molecule has 0 radical (unpaired) electrons. The smallest absolute Gasteiger partial charge is 0.128 e. The molecule has 0 bridgehead atoms. The zero-order valence-electron chi connectivity index (χ0n) is 10.8. The average molecular weight is 324 g/mol. The Morgan fingerprint density at radius 2 is 1.89 bits per heavy atom. The predicted molar refractivity (Wildman–Crippen MR) is 77.9 cm³/mol. The van der Waals surface area contributed by atoms with Gasteiger partial charge >= 0.3 is 0 Å². The Labute approximate surface area is 120 Å².